The van der Waals surface area contributed by atoms with Crippen LogP contribution in [0.2, 0.25) is 0 Å². The Morgan fingerprint density at radius 2 is 2.00 bits per heavy atom. The molecule has 0 bridgehead atoms. The fourth-order valence-electron chi connectivity index (χ4n) is 2.87. The fraction of sp³-hybridized carbons (Fsp3) is 0.800. The van der Waals surface area contributed by atoms with Gasteiger partial charge in [-0.25, -0.2) is 4.98 Å². The number of nitrogens with zero attached hydrogens (tertiary/aromatic N) is 1. The maximum atomic E-state index is 6.13. The number of ether oxygens (including phenoxy) is 3. The van der Waals surface area contributed by atoms with E-state index >= 15 is 0 Å². The quantitative estimate of drug-likeness (QED) is 0.748. The highest BCUT2D eigenvalue weighted by Crippen LogP contribution is 2.44. The van der Waals surface area contributed by atoms with E-state index in [9.17, 15) is 0 Å². The molecule has 0 atom stereocenters. The zero-order chi connectivity index (χ0) is 14.6. The van der Waals surface area contributed by atoms with Crippen LogP contribution in [0.4, 0.5) is 0 Å². The SMILES string of the molecule is CCOC1(c2nc(C(OC)OC)cs2)CCC(C)CC1. The maximum absolute atomic E-state index is 6.13. The number of methoxy groups -OCH3 is 2. The van der Waals surface area contributed by atoms with Crippen molar-refractivity contribution in [1.29, 1.82) is 0 Å². The average Bonchev–Trinajstić information content (AvgIpc) is 2.94. The van der Waals surface area contributed by atoms with Crippen LogP contribution in [0.1, 0.15) is 56.5 Å². The van der Waals surface area contributed by atoms with Crippen molar-refractivity contribution < 1.29 is 14.2 Å². The Morgan fingerprint density at radius 3 is 2.55 bits per heavy atom. The first-order valence-electron chi connectivity index (χ1n) is 7.30. The van der Waals surface area contributed by atoms with Gasteiger partial charge < -0.3 is 14.2 Å². The van der Waals surface area contributed by atoms with E-state index in [2.05, 4.69) is 13.8 Å². The first-order valence-corrected chi connectivity index (χ1v) is 8.18. The van der Waals surface area contributed by atoms with E-state index in [0.29, 0.717) is 0 Å². The molecule has 20 heavy (non-hydrogen) atoms. The summed E-state index contributed by atoms with van der Waals surface area (Å²) in [6.07, 6.45) is 4.13. The molecule has 2 rings (SSSR count). The van der Waals surface area contributed by atoms with Crippen LogP contribution < -0.4 is 0 Å². The van der Waals surface area contributed by atoms with E-state index in [4.69, 9.17) is 19.2 Å². The van der Waals surface area contributed by atoms with Gasteiger partial charge in [-0.3, -0.25) is 0 Å². The van der Waals surface area contributed by atoms with E-state index in [-0.39, 0.29) is 11.9 Å². The lowest BCUT2D eigenvalue weighted by Gasteiger charge is -2.37. The number of hydrogen-bond acceptors (Lipinski definition) is 5. The lowest BCUT2D eigenvalue weighted by molar-refractivity contribution is -0.109. The molecule has 114 valence electrons. The minimum absolute atomic E-state index is 0.198. The van der Waals surface area contributed by atoms with Crippen molar-refractivity contribution in [3.63, 3.8) is 0 Å². The summed E-state index contributed by atoms with van der Waals surface area (Å²) in [4.78, 5) is 4.74. The third kappa shape index (κ3) is 3.22. The molecule has 0 aromatic carbocycles. The topological polar surface area (TPSA) is 40.6 Å². The maximum Gasteiger partial charge on any atom is 0.201 e. The molecule has 0 saturated heterocycles. The lowest BCUT2D eigenvalue weighted by atomic mass is 9.79. The van der Waals surface area contributed by atoms with Crippen LogP contribution in [0.25, 0.3) is 0 Å². The summed E-state index contributed by atoms with van der Waals surface area (Å²) in [7, 11) is 3.27. The van der Waals surface area contributed by atoms with Gasteiger partial charge in [0.25, 0.3) is 0 Å². The van der Waals surface area contributed by atoms with Gasteiger partial charge in [-0.2, -0.15) is 0 Å². The molecule has 0 amide bonds. The Bertz CT molecular complexity index is 409. The monoisotopic (exact) mass is 299 g/mol. The van der Waals surface area contributed by atoms with Crippen LogP contribution in [0.3, 0.4) is 0 Å². The number of aromatic nitrogens is 1. The van der Waals surface area contributed by atoms with E-state index < -0.39 is 0 Å². The summed E-state index contributed by atoms with van der Waals surface area (Å²) < 4.78 is 16.7. The second kappa shape index (κ2) is 6.98. The fourth-order valence-corrected chi connectivity index (χ4v) is 3.90. The van der Waals surface area contributed by atoms with E-state index in [1.807, 2.05) is 5.38 Å². The van der Waals surface area contributed by atoms with Gasteiger partial charge in [-0.15, -0.1) is 11.3 Å². The Balaban J connectivity index is 2.22. The predicted octanol–water partition coefficient (Wildman–Crippen LogP) is 3.88. The minimum atomic E-state index is -0.388. The van der Waals surface area contributed by atoms with Crippen molar-refractivity contribution in [2.24, 2.45) is 5.92 Å². The van der Waals surface area contributed by atoms with Crippen molar-refractivity contribution in [3.05, 3.63) is 16.1 Å². The minimum Gasteiger partial charge on any atom is -0.368 e. The Morgan fingerprint density at radius 1 is 1.35 bits per heavy atom. The molecule has 1 aliphatic rings. The molecule has 1 saturated carbocycles. The van der Waals surface area contributed by atoms with Gasteiger partial charge in [0.15, 0.2) is 0 Å². The third-order valence-corrected chi connectivity index (χ3v) is 5.13. The first kappa shape index (κ1) is 15.9. The molecule has 4 nitrogen and oxygen atoms in total. The van der Waals surface area contributed by atoms with E-state index in [1.165, 1.54) is 12.8 Å². The van der Waals surface area contributed by atoms with Gasteiger partial charge >= 0.3 is 0 Å². The molecule has 0 N–H and O–H groups in total. The molecular formula is C15H25NO3S. The standard InChI is InChI=1S/C15H25NO3S/c1-5-19-15(8-6-11(2)7-9-15)14-16-12(10-20-14)13(17-3)18-4/h10-11,13H,5-9H2,1-4H3. The third-order valence-electron chi connectivity index (χ3n) is 4.08. The van der Waals surface area contributed by atoms with Gasteiger partial charge in [-0.05, 0) is 38.5 Å². The molecule has 1 fully saturated rings. The summed E-state index contributed by atoms with van der Waals surface area (Å²) in [6, 6.07) is 0. The van der Waals surface area contributed by atoms with Crippen molar-refractivity contribution in [1.82, 2.24) is 4.98 Å². The smallest absolute Gasteiger partial charge is 0.201 e. The zero-order valence-electron chi connectivity index (χ0n) is 12.8. The lowest BCUT2D eigenvalue weighted by Crippen LogP contribution is -2.34. The van der Waals surface area contributed by atoms with E-state index in [1.54, 1.807) is 25.6 Å². The molecule has 0 unspecified atom stereocenters. The van der Waals surface area contributed by atoms with Crippen LogP contribution >= 0.6 is 11.3 Å². The van der Waals surface area contributed by atoms with Gasteiger partial charge in [0.05, 0.1) is 0 Å². The van der Waals surface area contributed by atoms with Crippen LogP contribution in [0, 0.1) is 5.92 Å². The summed E-state index contributed by atoms with van der Waals surface area (Å²) in [5.41, 5.74) is 0.642. The zero-order valence-corrected chi connectivity index (χ0v) is 13.7. The summed E-state index contributed by atoms with van der Waals surface area (Å²) in [5.74, 6) is 0.786. The van der Waals surface area contributed by atoms with Gasteiger partial charge in [0.1, 0.15) is 16.3 Å². The van der Waals surface area contributed by atoms with Crippen molar-refractivity contribution in [3.8, 4) is 0 Å². The van der Waals surface area contributed by atoms with Crippen molar-refractivity contribution in [2.45, 2.75) is 51.4 Å². The average molecular weight is 299 g/mol. The van der Waals surface area contributed by atoms with Crippen molar-refractivity contribution in [2.75, 3.05) is 20.8 Å². The van der Waals surface area contributed by atoms with E-state index in [0.717, 1.165) is 36.1 Å². The van der Waals surface area contributed by atoms with Gasteiger partial charge in [-0.1, -0.05) is 6.92 Å². The number of thiazole rings is 1. The second-order valence-electron chi connectivity index (χ2n) is 5.49. The Labute approximate surface area is 125 Å². The van der Waals surface area contributed by atoms with Crippen molar-refractivity contribution >= 4 is 11.3 Å². The largest absolute Gasteiger partial charge is 0.368 e. The molecule has 0 aliphatic heterocycles. The highest BCUT2D eigenvalue weighted by atomic mass is 32.1. The predicted molar refractivity (Wildman–Crippen MR) is 79.8 cm³/mol. The van der Waals surface area contributed by atoms with Crippen LogP contribution in [-0.4, -0.2) is 25.8 Å². The summed E-state index contributed by atoms with van der Waals surface area (Å²) in [6.45, 7) is 5.09. The molecule has 5 heteroatoms. The Hall–Kier alpha value is -0.490. The molecule has 0 radical (unpaired) electrons. The molecule has 0 spiro atoms. The van der Waals surface area contributed by atoms with Gasteiger partial charge in [0.2, 0.25) is 6.29 Å². The van der Waals surface area contributed by atoms with Crippen LogP contribution in [0.5, 0.6) is 0 Å². The summed E-state index contributed by atoms with van der Waals surface area (Å²) >= 11 is 1.66. The highest BCUT2D eigenvalue weighted by Gasteiger charge is 2.39. The van der Waals surface area contributed by atoms with Crippen LogP contribution in [0.15, 0.2) is 5.38 Å². The second-order valence-corrected chi connectivity index (χ2v) is 6.35. The molecule has 1 heterocycles. The molecule has 1 aliphatic carbocycles. The first-order chi connectivity index (χ1) is 9.65. The summed E-state index contributed by atoms with van der Waals surface area (Å²) in [5, 5.41) is 3.09. The number of hydrogen-bond donors (Lipinski definition) is 0. The highest BCUT2D eigenvalue weighted by molar-refractivity contribution is 7.09. The molecular weight excluding hydrogens is 274 g/mol. The Kier molecular flexibility index (Phi) is 5.55. The number of rotatable bonds is 6. The van der Waals surface area contributed by atoms with Gasteiger partial charge in [0, 0.05) is 26.2 Å². The molecule has 1 aromatic rings. The molecule has 1 aromatic heterocycles. The van der Waals surface area contributed by atoms with Crippen LogP contribution in [-0.2, 0) is 19.8 Å². The normalized spacial score (nSPS) is 27.1.